The van der Waals surface area contributed by atoms with Gasteiger partial charge in [-0.25, -0.2) is 4.79 Å². The van der Waals surface area contributed by atoms with Crippen molar-refractivity contribution in [2.24, 2.45) is 30.7 Å². The minimum atomic E-state index is -0.760. The van der Waals surface area contributed by atoms with Crippen molar-refractivity contribution in [2.75, 3.05) is 0 Å². The first-order valence-corrected chi connectivity index (χ1v) is 7.52. The van der Waals surface area contributed by atoms with Crippen LogP contribution in [0.4, 0.5) is 0 Å². The number of carboxylic acid groups (broad SMARTS) is 1. The third-order valence-electron chi connectivity index (χ3n) is 5.89. The van der Waals surface area contributed by atoms with Crippen molar-refractivity contribution < 1.29 is 9.90 Å². The first-order chi connectivity index (χ1) is 9.13. The maximum atomic E-state index is 11.5. The lowest BCUT2D eigenvalue weighted by Crippen LogP contribution is -2.44. The summed E-state index contributed by atoms with van der Waals surface area (Å²) in [5, 5.41) is 9.42. The average Bonchev–Trinajstić information content (AvgIpc) is 2.70. The fourth-order valence-corrected chi connectivity index (χ4v) is 5.51. The van der Waals surface area contributed by atoms with E-state index in [1.807, 2.05) is 13.2 Å². The predicted molar refractivity (Wildman–Crippen MR) is 72.2 cm³/mol. The number of hydrogen-bond acceptors (Lipinski definition) is 1. The van der Waals surface area contributed by atoms with Gasteiger partial charge in [0.2, 0.25) is 0 Å². The van der Waals surface area contributed by atoms with Gasteiger partial charge in [0, 0.05) is 24.9 Å². The van der Waals surface area contributed by atoms with Crippen LogP contribution in [0.1, 0.15) is 54.1 Å². The van der Waals surface area contributed by atoms with E-state index in [0.717, 1.165) is 29.4 Å². The molecule has 19 heavy (non-hydrogen) atoms. The number of aromatic nitrogens is 1. The Labute approximate surface area is 113 Å². The van der Waals surface area contributed by atoms with Crippen LogP contribution >= 0.6 is 0 Å². The van der Waals surface area contributed by atoms with Gasteiger partial charge in [0.15, 0.2) is 0 Å². The summed E-state index contributed by atoms with van der Waals surface area (Å²) < 4.78 is 2.07. The summed E-state index contributed by atoms with van der Waals surface area (Å²) >= 11 is 0. The maximum Gasteiger partial charge on any atom is 0.337 e. The molecule has 102 valence electrons. The molecule has 1 N–H and O–H groups in total. The van der Waals surface area contributed by atoms with Crippen molar-refractivity contribution in [3.8, 4) is 0 Å². The third-order valence-corrected chi connectivity index (χ3v) is 5.89. The number of nitrogens with zero attached hydrogens (tertiary/aromatic N) is 1. The molecule has 4 saturated carbocycles. The fourth-order valence-electron chi connectivity index (χ4n) is 5.51. The number of hydrogen-bond donors (Lipinski definition) is 1. The summed E-state index contributed by atoms with van der Waals surface area (Å²) in [6, 6.07) is 1.78. The molecule has 5 rings (SSSR count). The van der Waals surface area contributed by atoms with Crippen LogP contribution in [0, 0.1) is 23.7 Å². The topological polar surface area (TPSA) is 42.2 Å². The smallest absolute Gasteiger partial charge is 0.337 e. The van der Waals surface area contributed by atoms with Gasteiger partial charge >= 0.3 is 5.97 Å². The molecule has 0 aromatic carbocycles. The fraction of sp³-hybridized carbons (Fsp3) is 0.688. The summed E-state index contributed by atoms with van der Waals surface area (Å²) in [5.41, 5.74) is 1.64. The first kappa shape index (κ1) is 11.6. The molecule has 1 heterocycles. The van der Waals surface area contributed by atoms with Gasteiger partial charge in [-0.2, -0.15) is 0 Å². The lowest BCUT2D eigenvalue weighted by molar-refractivity contribution is -0.00540. The molecular formula is C16H21NO2. The van der Waals surface area contributed by atoms with Crippen LogP contribution in [-0.2, 0) is 7.05 Å². The molecule has 0 amide bonds. The standard InChI is InChI=1S/C16H21NO2/c1-17-3-2-13(16(18)19)15(17)14-11-5-9-4-10(7-11)8-12(14)6-9/h2-3,9-12,14H,4-8H2,1H3,(H,18,19). The Hall–Kier alpha value is -1.25. The Morgan fingerprint density at radius 1 is 1.16 bits per heavy atom. The van der Waals surface area contributed by atoms with Crippen molar-refractivity contribution in [2.45, 2.75) is 38.0 Å². The summed E-state index contributed by atoms with van der Waals surface area (Å²) in [5.74, 6) is 3.09. The Balaban J connectivity index is 1.77. The molecule has 0 spiro atoms. The highest BCUT2D eigenvalue weighted by Crippen LogP contribution is 2.60. The van der Waals surface area contributed by atoms with Gasteiger partial charge in [-0.1, -0.05) is 0 Å². The molecule has 4 aliphatic rings. The molecule has 4 aliphatic carbocycles. The van der Waals surface area contributed by atoms with E-state index in [4.69, 9.17) is 0 Å². The number of carbonyl (C=O) groups is 1. The first-order valence-electron chi connectivity index (χ1n) is 7.52. The monoisotopic (exact) mass is 259 g/mol. The van der Waals surface area contributed by atoms with Gasteiger partial charge in [-0.05, 0) is 61.8 Å². The lowest BCUT2D eigenvalue weighted by Gasteiger charge is -2.54. The van der Waals surface area contributed by atoms with Crippen LogP contribution in [0.15, 0.2) is 12.3 Å². The number of aryl methyl sites for hydroxylation is 1. The van der Waals surface area contributed by atoms with E-state index in [1.165, 1.54) is 32.1 Å². The van der Waals surface area contributed by atoms with Crippen LogP contribution in [0.2, 0.25) is 0 Å². The third kappa shape index (κ3) is 1.60. The molecule has 0 atom stereocenters. The molecule has 0 saturated heterocycles. The quantitative estimate of drug-likeness (QED) is 0.885. The summed E-state index contributed by atoms with van der Waals surface area (Å²) in [6.07, 6.45) is 8.70. The molecule has 1 aromatic rings. The molecule has 1 aromatic heterocycles. The van der Waals surface area contributed by atoms with E-state index in [1.54, 1.807) is 6.07 Å². The SMILES string of the molecule is Cn1ccc(C(=O)O)c1C1C2CC3CC(C2)CC1C3. The highest BCUT2D eigenvalue weighted by atomic mass is 16.4. The number of rotatable bonds is 2. The Morgan fingerprint density at radius 2 is 1.74 bits per heavy atom. The Kier molecular flexibility index (Phi) is 2.36. The van der Waals surface area contributed by atoms with Crippen molar-refractivity contribution in [1.82, 2.24) is 4.57 Å². The molecule has 3 heteroatoms. The van der Waals surface area contributed by atoms with E-state index < -0.39 is 5.97 Å². The zero-order valence-corrected chi connectivity index (χ0v) is 11.4. The van der Waals surface area contributed by atoms with E-state index in [2.05, 4.69) is 4.57 Å². The molecule has 0 radical (unpaired) electrons. The van der Waals surface area contributed by atoms with Crippen molar-refractivity contribution in [1.29, 1.82) is 0 Å². The second-order valence-electron chi connectivity index (χ2n) is 6.99. The molecule has 3 nitrogen and oxygen atoms in total. The second-order valence-corrected chi connectivity index (χ2v) is 6.99. The highest BCUT2D eigenvalue weighted by Gasteiger charge is 2.50. The number of aromatic carboxylic acids is 1. The number of carboxylic acids is 1. The van der Waals surface area contributed by atoms with Gasteiger partial charge in [-0.15, -0.1) is 0 Å². The zero-order valence-electron chi connectivity index (χ0n) is 11.4. The minimum Gasteiger partial charge on any atom is -0.478 e. The summed E-state index contributed by atoms with van der Waals surface area (Å²) in [4.78, 5) is 11.5. The summed E-state index contributed by atoms with van der Waals surface area (Å²) in [6.45, 7) is 0. The van der Waals surface area contributed by atoms with Crippen LogP contribution in [0.3, 0.4) is 0 Å². The maximum absolute atomic E-state index is 11.5. The van der Waals surface area contributed by atoms with E-state index in [0.29, 0.717) is 11.5 Å². The van der Waals surface area contributed by atoms with Crippen molar-refractivity contribution in [3.05, 3.63) is 23.5 Å². The van der Waals surface area contributed by atoms with E-state index >= 15 is 0 Å². The van der Waals surface area contributed by atoms with Gasteiger partial charge < -0.3 is 9.67 Å². The minimum absolute atomic E-state index is 0.499. The van der Waals surface area contributed by atoms with Crippen LogP contribution < -0.4 is 0 Å². The Morgan fingerprint density at radius 3 is 2.26 bits per heavy atom. The van der Waals surface area contributed by atoms with Gasteiger partial charge in [-0.3, -0.25) is 0 Å². The summed E-state index contributed by atoms with van der Waals surface area (Å²) in [7, 11) is 2.01. The highest BCUT2D eigenvalue weighted by molar-refractivity contribution is 5.89. The predicted octanol–water partition coefficient (Wildman–Crippen LogP) is 3.26. The van der Waals surface area contributed by atoms with Crippen molar-refractivity contribution >= 4 is 5.97 Å². The second kappa shape index (κ2) is 3.87. The van der Waals surface area contributed by atoms with Gasteiger partial charge in [0.1, 0.15) is 0 Å². The van der Waals surface area contributed by atoms with Crippen LogP contribution in [0.5, 0.6) is 0 Å². The molecular weight excluding hydrogens is 238 g/mol. The van der Waals surface area contributed by atoms with Gasteiger partial charge in [0.05, 0.1) is 5.56 Å². The molecule has 0 unspecified atom stereocenters. The normalized spacial score (nSPS) is 39.7. The van der Waals surface area contributed by atoms with Gasteiger partial charge in [0.25, 0.3) is 0 Å². The lowest BCUT2D eigenvalue weighted by atomic mass is 9.51. The zero-order chi connectivity index (χ0) is 13.1. The van der Waals surface area contributed by atoms with E-state index in [9.17, 15) is 9.90 Å². The average molecular weight is 259 g/mol. The van der Waals surface area contributed by atoms with E-state index in [-0.39, 0.29) is 0 Å². The van der Waals surface area contributed by atoms with Crippen LogP contribution in [0.25, 0.3) is 0 Å². The molecule has 4 bridgehead atoms. The van der Waals surface area contributed by atoms with Crippen LogP contribution in [-0.4, -0.2) is 15.6 Å². The van der Waals surface area contributed by atoms with Crippen molar-refractivity contribution in [3.63, 3.8) is 0 Å². The molecule has 4 fully saturated rings. The molecule has 0 aliphatic heterocycles. The largest absolute Gasteiger partial charge is 0.478 e. The Bertz CT molecular complexity index is 503.